The Morgan fingerprint density at radius 2 is 1.81 bits per heavy atom. The molecule has 3 aliphatic carbocycles. The number of nitrogens with one attached hydrogen (secondary N) is 1. The topological polar surface area (TPSA) is 35.5 Å². The molecule has 3 nitrogen and oxygen atoms in total. The number of hydrogen-bond donors (Lipinski definition) is 2. The molecule has 0 aromatic rings. The van der Waals surface area contributed by atoms with Gasteiger partial charge in [-0.05, 0) is 70.3 Å². The number of hydrogen-bond acceptors (Lipinski definition) is 3. The summed E-state index contributed by atoms with van der Waals surface area (Å²) in [5.41, 5.74) is 0.0491. The second kappa shape index (κ2) is 5.82. The van der Waals surface area contributed by atoms with Crippen LogP contribution in [-0.2, 0) is 0 Å². The van der Waals surface area contributed by atoms with Gasteiger partial charge in [-0.1, -0.05) is 12.8 Å². The van der Waals surface area contributed by atoms with Gasteiger partial charge in [0.2, 0.25) is 0 Å². The fraction of sp³-hybridized carbons (Fsp3) is 1.00. The zero-order valence-corrected chi connectivity index (χ0v) is 13.4. The molecule has 4 atom stereocenters. The van der Waals surface area contributed by atoms with Crippen molar-refractivity contribution in [1.82, 2.24) is 10.2 Å². The molecule has 0 aromatic heterocycles. The maximum absolute atomic E-state index is 9.96. The minimum absolute atomic E-state index is 0.0491. The summed E-state index contributed by atoms with van der Waals surface area (Å²) in [6, 6.07) is 2.31. The third-order valence-corrected chi connectivity index (χ3v) is 6.73. The molecular weight excluding hydrogens is 260 g/mol. The number of piperidine rings is 1. The van der Waals surface area contributed by atoms with Crippen molar-refractivity contribution >= 4 is 0 Å². The van der Waals surface area contributed by atoms with E-state index in [1.165, 1.54) is 77.2 Å². The first kappa shape index (κ1) is 14.5. The van der Waals surface area contributed by atoms with E-state index in [1.54, 1.807) is 0 Å². The van der Waals surface area contributed by atoms with Gasteiger partial charge in [0.05, 0.1) is 6.61 Å². The monoisotopic (exact) mass is 292 g/mol. The van der Waals surface area contributed by atoms with Crippen LogP contribution in [-0.4, -0.2) is 46.8 Å². The van der Waals surface area contributed by atoms with Gasteiger partial charge in [-0.2, -0.15) is 0 Å². The predicted molar refractivity (Wildman–Crippen MR) is 85.3 cm³/mol. The van der Waals surface area contributed by atoms with Crippen LogP contribution in [0.3, 0.4) is 0 Å². The van der Waals surface area contributed by atoms with Crippen molar-refractivity contribution in [3.63, 3.8) is 0 Å². The number of aliphatic hydroxyl groups is 1. The first-order chi connectivity index (χ1) is 10.3. The van der Waals surface area contributed by atoms with E-state index >= 15 is 0 Å². The second-order valence-electron chi connectivity index (χ2n) is 8.25. The van der Waals surface area contributed by atoms with Crippen molar-refractivity contribution < 1.29 is 5.11 Å². The summed E-state index contributed by atoms with van der Waals surface area (Å²) in [6.45, 7) is 1.65. The van der Waals surface area contributed by atoms with Gasteiger partial charge in [-0.3, -0.25) is 4.90 Å². The summed E-state index contributed by atoms with van der Waals surface area (Å²) in [5, 5.41) is 13.7. The molecule has 4 fully saturated rings. The number of aliphatic hydroxyl groups excluding tert-OH is 1. The maximum Gasteiger partial charge on any atom is 0.0614 e. The summed E-state index contributed by atoms with van der Waals surface area (Å²) in [6.07, 6.45) is 15.0. The van der Waals surface area contributed by atoms with Crippen LogP contribution in [0.15, 0.2) is 0 Å². The van der Waals surface area contributed by atoms with Crippen LogP contribution >= 0.6 is 0 Å². The van der Waals surface area contributed by atoms with E-state index in [0.29, 0.717) is 12.6 Å². The van der Waals surface area contributed by atoms with Crippen LogP contribution in [0.4, 0.5) is 0 Å². The van der Waals surface area contributed by atoms with Gasteiger partial charge >= 0.3 is 0 Å². The molecule has 2 unspecified atom stereocenters. The fourth-order valence-corrected chi connectivity index (χ4v) is 5.48. The van der Waals surface area contributed by atoms with Gasteiger partial charge in [0.25, 0.3) is 0 Å². The lowest BCUT2D eigenvalue weighted by atomic mass is 9.77. The minimum Gasteiger partial charge on any atom is -0.394 e. The summed E-state index contributed by atoms with van der Waals surface area (Å²) in [5.74, 6) is 0.980. The minimum atomic E-state index is 0.0491. The predicted octanol–water partition coefficient (Wildman–Crippen LogP) is 2.68. The van der Waals surface area contributed by atoms with E-state index in [1.807, 2.05) is 0 Å². The van der Waals surface area contributed by atoms with Crippen LogP contribution < -0.4 is 5.32 Å². The number of likely N-dealkylation sites (tertiary alicyclic amines) is 1. The van der Waals surface area contributed by atoms with Crippen molar-refractivity contribution in [3.05, 3.63) is 0 Å². The molecule has 4 aliphatic rings. The molecule has 3 saturated carbocycles. The Labute approximate surface area is 129 Å². The Kier molecular flexibility index (Phi) is 4.01. The SMILES string of the molecule is OCC1(NC2CC2)CCC(N2CCC[C@H]3CCCC[C@H]32)C1. The molecule has 1 saturated heterocycles. The molecule has 0 spiro atoms. The quantitative estimate of drug-likeness (QED) is 0.836. The van der Waals surface area contributed by atoms with Crippen LogP contribution in [0, 0.1) is 5.92 Å². The van der Waals surface area contributed by atoms with Gasteiger partial charge in [0, 0.05) is 23.7 Å². The van der Waals surface area contributed by atoms with Gasteiger partial charge in [0.1, 0.15) is 0 Å². The van der Waals surface area contributed by atoms with Crippen LogP contribution in [0.25, 0.3) is 0 Å². The summed E-state index contributed by atoms with van der Waals surface area (Å²) in [4.78, 5) is 2.87. The molecule has 120 valence electrons. The highest BCUT2D eigenvalue weighted by Gasteiger charge is 2.46. The van der Waals surface area contributed by atoms with E-state index in [0.717, 1.165) is 18.0 Å². The largest absolute Gasteiger partial charge is 0.394 e. The fourth-order valence-electron chi connectivity index (χ4n) is 5.48. The van der Waals surface area contributed by atoms with Crippen LogP contribution in [0.5, 0.6) is 0 Å². The molecule has 1 heterocycles. The van der Waals surface area contributed by atoms with Gasteiger partial charge in [-0.25, -0.2) is 0 Å². The molecule has 0 bridgehead atoms. The van der Waals surface area contributed by atoms with E-state index in [4.69, 9.17) is 0 Å². The summed E-state index contributed by atoms with van der Waals surface area (Å²) < 4.78 is 0. The number of rotatable bonds is 4. The van der Waals surface area contributed by atoms with Crippen molar-refractivity contribution in [3.8, 4) is 0 Å². The molecule has 21 heavy (non-hydrogen) atoms. The van der Waals surface area contributed by atoms with Crippen molar-refractivity contribution in [2.75, 3.05) is 13.2 Å². The third kappa shape index (κ3) is 2.89. The van der Waals surface area contributed by atoms with Crippen molar-refractivity contribution in [2.45, 2.75) is 94.3 Å². The van der Waals surface area contributed by atoms with Gasteiger partial charge in [0.15, 0.2) is 0 Å². The van der Waals surface area contributed by atoms with Crippen LogP contribution in [0.2, 0.25) is 0 Å². The lowest BCUT2D eigenvalue weighted by Crippen LogP contribution is -2.53. The molecule has 0 radical (unpaired) electrons. The van der Waals surface area contributed by atoms with Gasteiger partial charge < -0.3 is 10.4 Å². The molecule has 0 aromatic carbocycles. The Balaban J connectivity index is 1.43. The highest BCUT2D eigenvalue weighted by atomic mass is 16.3. The Hall–Kier alpha value is -0.120. The first-order valence-electron chi connectivity index (χ1n) is 9.44. The lowest BCUT2D eigenvalue weighted by Gasteiger charge is -2.47. The Morgan fingerprint density at radius 1 is 1.00 bits per heavy atom. The zero-order chi connectivity index (χ0) is 14.3. The van der Waals surface area contributed by atoms with Gasteiger partial charge in [-0.15, -0.1) is 0 Å². The maximum atomic E-state index is 9.96. The summed E-state index contributed by atoms with van der Waals surface area (Å²) >= 11 is 0. The van der Waals surface area contributed by atoms with Crippen molar-refractivity contribution in [1.29, 1.82) is 0 Å². The molecule has 1 aliphatic heterocycles. The van der Waals surface area contributed by atoms with E-state index < -0.39 is 0 Å². The zero-order valence-electron chi connectivity index (χ0n) is 13.4. The van der Waals surface area contributed by atoms with E-state index in [-0.39, 0.29) is 5.54 Å². The summed E-state index contributed by atoms with van der Waals surface area (Å²) in [7, 11) is 0. The molecule has 4 rings (SSSR count). The molecule has 3 heteroatoms. The Morgan fingerprint density at radius 3 is 2.62 bits per heavy atom. The van der Waals surface area contributed by atoms with Crippen LogP contribution in [0.1, 0.15) is 70.6 Å². The molecular formula is C18H32N2O. The standard InChI is InChI=1S/C18H32N2O/c21-13-18(19-15-7-8-15)10-9-16(12-18)20-11-3-5-14-4-1-2-6-17(14)20/h14-17,19,21H,1-13H2/t14-,16?,17-,18?/m1/s1. The molecule has 0 amide bonds. The van der Waals surface area contributed by atoms with E-state index in [2.05, 4.69) is 10.2 Å². The third-order valence-electron chi connectivity index (χ3n) is 6.73. The smallest absolute Gasteiger partial charge is 0.0614 e. The molecule has 2 N–H and O–H groups in total. The van der Waals surface area contributed by atoms with Crippen molar-refractivity contribution in [2.24, 2.45) is 5.92 Å². The van der Waals surface area contributed by atoms with E-state index in [9.17, 15) is 5.11 Å². The average Bonchev–Trinajstić information content (AvgIpc) is 3.24. The lowest BCUT2D eigenvalue weighted by molar-refractivity contribution is 0.0229. The normalized spacial score (nSPS) is 44.7. The highest BCUT2D eigenvalue weighted by molar-refractivity contribution is 5.04. The highest BCUT2D eigenvalue weighted by Crippen LogP contribution is 2.42. The average molecular weight is 292 g/mol. The number of nitrogens with zero attached hydrogens (tertiary/aromatic N) is 1. The number of fused-ring (bicyclic) bond motifs is 1. The first-order valence-corrected chi connectivity index (χ1v) is 9.44. The Bertz CT molecular complexity index is 368. The second-order valence-corrected chi connectivity index (χ2v) is 8.25.